The van der Waals surface area contributed by atoms with E-state index in [2.05, 4.69) is 0 Å². The van der Waals surface area contributed by atoms with Crippen molar-refractivity contribution in [2.24, 2.45) is 0 Å². The van der Waals surface area contributed by atoms with E-state index in [9.17, 15) is 9.59 Å². The third-order valence-electron chi connectivity index (χ3n) is 5.59. The molecule has 5 nitrogen and oxygen atoms in total. The highest BCUT2D eigenvalue weighted by atomic mass is 35.5. The average molecular weight is 480 g/mol. The first-order valence-electron chi connectivity index (χ1n) is 10.6. The van der Waals surface area contributed by atoms with Gasteiger partial charge >= 0.3 is 0 Å². The summed E-state index contributed by atoms with van der Waals surface area (Å²) in [5.41, 5.74) is 1.61. The number of nitrogens with zero attached hydrogens (tertiary/aromatic N) is 1. The molecule has 0 bridgehead atoms. The zero-order valence-electron chi connectivity index (χ0n) is 17.7. The van der Waals surface area contributed by atoms with Gasteiger partial charge < -0.3 is 9.15 Å². The zero-order chi connectivity index (χ0) is 23.1. The number of benzene rings is 3. The first-order valence-corrected chi connectivity index (χ1v) is 11.3. The van der Waals surface area contributed by atoms with E-state index in [-0.39, 0.29) is 16.8 Å². The van der Waals surface area contributed by atoms with Crippen LogP contribution in [0.25, 0.3) is 11.0 Å². The molecule has 3 aromatic carbocycles. The summed E-state index contributed by atoms with van der Waals surface area (Å²) >= 11 is 12.4. The summed E-state index contributed by atoms with van der Waals surface area (Å²) < 4.78 is 11.6. The molecular weight excluding hydrogens is 461 g/mol. The van der Waals surface area contributed by atoms with Crippen molar-refractivity contribution in [3.05, 3.63) is 104 Å². The minimum Gasteiger partial charge on any atom is -0.494 e. The molecule has 1 aliphatic heterocycles. The molecule has 2 heterocycles. The topological polar surface area (TPSA) is 59.8 Å². The highest BCUT2D eigenvalue weighted by Gasteiger charge is 2.43. The summed E-state index contributed by atoms with van der Waals surface area (Å²) in [4.78, 5) is 28.7. The number of halogens is 2. The minimum atomic E-state index is -0.689. The molecule has 0 fully saturated rings. The Bertz CT molecular complexity index is 1430. The summed E-state index contributed by atoms with van der Waals surface area (Å²) in [6.45, 7) is 2.64. The number of ether oxygens (including phenoxy) is 1. The maximum atomic E-state index is 13.6. The van der Waals surface area contributed by atoms with Crippen LogP contribution in [0.15, 0.2) is 75.9 Å². The predicted octanol–water partition coefficient (Wildman–Crippen LogP) is 6.64. The van der Waals surface area contributed by atoms with Crippen molar-refractivity contribution >= 4 is 45.8 Å². The van der Waals surface area contributed by atoms with Crippen LogP contribution in [0.2, 0.25) is 10.0 Å². The maximum Gasteiger partial charge on any atom is 0.295 e. The number of carbonyl (C=O) groups excluding carboxylic acids is 1. The number of amides is 1. The number of fused-ring (bicyclic) bond motifs is 2. The van der Waals surface area contributed by atoms with Crippen LogP contribution < -0.4 is 15.1 Å². The fraction of sp³-hybridized carbons (Fsp3) is 0.154. The molecule has 0 saturated heterocycles. The van der Waals surface area contributed by atoms with E-state index >= 15 is 0 Å². The third-order valence-corrected chi connectivity index (χ3v) is 6.06. The Kier molecular flexibility index (Phi) is 5.60. The van der Waals surface area contributed by atoms with E-state index in [4.69, 9.17) is 32.4 Å². The molecule has 1 aliphatic rings. The van der Waals surface area contributed by atoms with Gasteiger partial charge in [0.2, 0.25) is 5.76 Å². The lowest BCUT2D eigenvalue weighted by Crippen LogP contribution is -2.29. The van der Waals surface area contributed by atoms with Crippen LogP contribution in [0.1, 0.15) is 41.1 Å². The lowest BCUT2D eigenvalue weighted by molar-refractivity contribution is 0.0971. The largest absolute Gasteiger partial charge is 0.494 e. The van der Waals surface area contributed by atoms with E-state index < -0.39 is 11.9 Å². The summed E-state index contributed by atoms with van der Waals surface area (Å²) in [7, 11) is 0. The number of carbonyl (C=O) groups is 1. The SMILES string of the molecule is CCCOc1ccc(C2c3c(oc4ccc(Cl)cc4c3=O)C(=O)N2c2cccc(Cl)c2)cc1. The molecule has 166 valence electrons. The van der Waals surface area contributed by atoms with E-state index in [1.807, 2.05) is 31.2 Å². The Balaban J connectivity index is 1.73. The van der Waals surface area contributed by atoms with Gasteiger partial charge in [0.15, 0.2) is 5.43 Å². The van der Waals surface area contributed by atoms with Crippen LogP contribution >= 0.6 is 23.2 Å². The summed E-state index contributed by atoms with van der Waals surface area (Å²) in [6, 6.07) is 18.5. The van der Waals surface area contributed by atoms with Crippen LogP contribution in [-0.2, 0) is 0 Å². The van der Waals surface area contributed by atoms with Crippen LogP contribution in [-0.4, -0.2) is 12.5 Å². The Morgan fingerprint density at radius 1 is 0.970 bits per heavy atom. The smallest absolute Gasteiger partial charge is 0.295 e. The van der Waals surface area contributed by atoms with Gasteiger partial charge in [-0.2, -0.15) is 0 Å². The van der Waals surface area contributed by atoms with Crippen LogP contribution in [0.5, 0.6) is 5.75 Å². The normalized spacial score (nSPS) is 15.2. The van der Waals surface area contributed by atoms with Crippen LogP contribution in [0, 0.1) is 0 Å². The van der Waals surface area contributed by atoms with E-state index in [1.54, 1.807) is 47.4 Å². The Hall–Kier alpha value is -3.28. The van der Waals surface area contributed by atoms with Gasteiger partial charge in [-0.1, -0.05) is 48.3 Å². The van der Waals surface area contributed by atoms with Gasteiger partial charge in [-0.05, 0) is 60.5 Å². The molecule has 5 rings (SSSR count). The molecule has 1 atom stereocenters. The fourth-order valence-corrected chi connectivity index (χ4v) is 4.48. The number of rotatable bonds is 5. The maximum absolute atomic E-state index is 13.6. The van der Waals surface area contributed by atoms with Crippen molar-refractivity contribution in [2.75, 3.05) is 11.5 Å². The summed E-state index contributed by atoms with van der Waals surface area (Å²) in [5.74, 6) is 0.334. The first kappa shape index (κ1) is 21.6. The molecular formula is C26H19Cl2NO4. The van der Waals surface area contributed by atoms with Crippen molar-refractivity contribution in [1.82, 2.24) is 0 Å². The van der Waals surface area contributed by atoms with Crippen LogP contribution in [0.4, 0.5) is 5.69 Å². The second-order valence-electron chi connectivity index (χ2n) is 7.79. The number of anilines is 1. The Labute approximate surface area is 200 Å². The monoisotopic (exact) mass is 479 g/mol. The Morgan fingerprint density at radius 3 is 2.45 bits per heavy atom. The molecule has 0 aliphatic carbocycles. The molecule has 33 heavy (non-hydrogen) atoms. The van der Waals surface area contributed by atoms with Crippen molar-refractivity contribution in [3.63, 3.8) is 0 Å². The molecule has 4 aromatic rings. The first-order chi connectivity index (χ1) is 16.0. The zero-order valence-corrected chi connectivity index (χ0v) is 19.2. The minimum absolute atomic E-state index is 0.0195. The van der Waals surface area contributed by atoms with Gasteiger partial charge in [0.05, 0.1) is 23.6 Å². The summed E-state index contributed by atoms with van der Waals surface area (Å²) in [5, 5.41) is 1.23. The molecule has 0 N–H and O–H groups in total. The van der Waals surface area contributed by atoms with Crippen LogP contribution in [0.3, 0.4) is 0 Å². The molecule has 0 saturated carbocycles. The second kappa shape index (κ2) is 8.58. The van der Waals surface area contributed by atoms with E-state index in [1.165, 1.54) is 0 Å². The Morgan fingerprint density at radius 2 is 1.73 bits per heavy atom. The van der Waals surface area contributed by atoms with Crippen molar-refractivity contribution in [2.45, 2.75) is 19.4 Å². The van der Waals surface area contributed by atoms with Gasteiger partial charge in [0.1, 0.15) is 11.3 Å². The number of hydrogen-bond donors (Lipinski definition) is 0. The predicted molar refractivity (Wildman–Crippen MR) is 130 cm³/mol. The van der Waals surface area contributed by atoms with Gasteiger partial charge in [-0.3, -0.25) is 14.5 Å². The molecule has 1 unspecified atom stereocenters. The molecule has 0 spiro atoms. The second-order valence-corrected chi connectivity index (χ2v) is 8.66. The quantitative estimate of drug-likeness (QED) is 0.321. The standard InChI is InChI=1S/C26H19Cl2NO4/c1-2-12-32-19-9-6-15(7-10-19)23-22-24(30)20-14-17(28)8-11-21(20)33-25(22)26(31)29(23)18-5-3-4-16(27)13-18/h3-11,13-14,23H,2,12H2,1H3. The highest BCUT2D eigenvalue weighted by Crippen LogP contribution is 2.42. The van der Waals surface area contributed by atoms with Gasteiger partial charge in [0, 0.05) is 15.7 Å². The lowest BCUT2D eigenvalue weighted by Gasteiger charge is -2.25. The fourth-order valence-electron chi connectivity index (χ4n) is 4.12. The van der Waals surface area contributed by atoms with E-state index in [0.29, 0.717) is 33.3 Å². The lowest BCUT2D eigenvalue weighted by atomic mass is 9.98. The van der Waals surface area contributed by atoms with Gasteiger partial charge in [-0.15, -0.1) is 0 Å². The molecule has 1 amide bonds. The highest BCUT2D eigenvalue weighted by molar-refractivity contribution is 6.31. The van der Waals surface area contributed by atoms with Gasteiger partial charge in [-0.25, -0.2) is 0 Å². The average Bonchev–Trinajstić information content (AvgIpc) is 3.11. The molecule has 1 aromatic heterocycles. The van der Waals surface area contributed by atoms with Gasteiger partial charge in [0.25, 0.3) is 5.91 Å². The van der Waals surface area contributed by atoms with Crippen molar-refractivity contribution in [1.29, 1.82) is 0 Å². The molecule has 7 heteroatoms. The molecule has 0 radical (unpaired) electrons. The van der Waals surface area contributed by atoms with Crippen molar-refractivity contribution < 1.29 is 13.9 Å². The third kappa shape index (κ3) is 3.77. The summed E-state index contributed by atoms with van der Waals surface area (Å²) in [6.07, 6.45) is 0.894. The number of hydrogen-bond acceptors (Lipinski definition) is 4. The van der Waals surface area contributed by atoms with Crippen molar-refractivity contribution in [3.8, 4) is 5.75 Å². The van der Waals surface area contributed by atoms with E-state index in [0.717, 1.165) is 17.7 Å².